The van der Waals surface area contributed by atoms with Crippen LogP contribution in [0.15, 0.2) is 34.8 Å². The minimum absolute atomic E-state index is 0.598. The molecule has 0 unspecified atom stereocenters. The Hall–Kier alpha value is -1.66. The van der Waals surface area contributed by atoms with Crippen molar-refractivity contribution in [2.75, 3.05) is 10.7 Å². The molecule has 6 heteroatoms. The molecule has 0 radical (unpaired) electrons. The van der Waals surface area contributed by atoms with E-state index < -0.39 is 0 Å². The predicted octanol–water partition coefficient (Wildman–Crippen LogP) is 2.45. The van der Waals surface area contributed by atoms with Gasteiger partial charge in [0.25, 0.3) is 0 Å². The molecule has 0 spiro atoms. The van der Waals surface area contributed by atoms with Crippen molar-refractivity contribution in [2.24, 2.45) is 5.84 Å². The van der Waals surface area contributed by atoms with E-state index in [4.69, 9.17) is 5.84 Å². The number of hydrazine groups is 1. The van der Waals surface area contributed by atoms with Crippen molar-refractivity contribution >= 4 is 27.6 Å². The second-order valence-electron chi connectivity index (χ2n) is 3.81. The maximum absolute atomic E-state index is 5.34. The second-order valence-corrected chi connectivity index (χ2v) is 4.73. The fourth-order valence-electron chi connectivity index (χ4n) is 1.53. The van der Waals surface area contributed by atoms with Gasteiger partial charge in [-0.3, -0.25) is 0 Å². The molecule has 1 aromatic heterocycles. The van der Waals surface area contributed by atoms with Gasteiger partial charge >= 0.3 is 0 Å². The molecule has 0 atom stereocenters. The Balaban J connectivity index is 2.05. The van der Waals surface area contributed by atoms with Crippen LogP contribution in [0.5, 0.6) is 0 Å². The molecule has 4 N–H and O–H groups in total. The fraction of sp³-hybridized carbons (Fsp3) is 0.167. The van der Waals surface area contributed by atoms with Crippen LogP contribution in [-0.4, -0.2) is 9.97 Å². The Labute approximate surface area is 114 Å². The Kier molecular flexibility index (Phi) is 4.11. The fourth-order valence-corrected chi connectivity index (χ4v) is 1.79. The summed E-state index contributed by atoms with van der Waals surface area (Å²) in [6.07, 6.45) is 0. The average Bonchev–Trinajstić information content (AvgIpc) is 2.37. The lowest BCUT2D eigenvalue weighted by atomic mass is 10.2. The summed E-state index contributed by atoms with van der Waals surface area (Å²) in [6, 6.07) is 9.89. The lowest BCUT2D eigenvalue weighted by Crippen LogP contribution is -2.11. The molecule has 0 saturated carbocycles. The van der Waals surface area contributed by atoms with Gasteiger partial charge in [-0.25, -0.2) is 15.8 Å². The standard InChI is InChI=1S/C12H14BrN5/c1-8-16-11(6-12(17-8)18-14)15-7-9-2-4-10(13)5-3-9/h2-6H,7,14H2,1H3,(H2,15,16,17,18). The summed E-state index contributed by atoms with van der Waals surface area (Å²) in [6.45, 7) is 2.53. The second kappa shape index (κ2) is 5.79. The first-order valence-corrected chi connectivity index (χ1v) is 6.27. The summed E-state index contributed by atoms with van der Waals surface area (Å²) in [7, 11) is 0. The molecule has 0 aliphatic heterocycles. The molecule has 2 aromatic rings. The number of hydrogen-bond acceptors (Lipinski definition) is 5. The number of halogens is 1. The first-order chi connectivity index (χ1) is 8.67. The highest BCUT2D eigenvalue weighted by atomic mass is 79.9. The third-order valence-electron chi connectivity index (χ3n) is 2.37. The number of nitrogens with one attached hydrogen (secondary N) is 2. The van der Waals surface area contributed by atoms with Crippen LogP contribution in [0, 0.1) is 6.92 Å². The van der Waals surface area contributed by atoms with E-state index in [1.165, 1.54) is 5.56 Å². The van der Waals surface area contributed by atoms with E-state index in [2.05, 4.69) is 36.6 Å². The third kappa shape index (κ3) is 3.41. The third-order valence-corrected chi connectivity index (χ3v) is 2.90. The lowest BCUT2D eigenvalue weighted by molar-refractivity contribution is 1.02. The summed E-state index contributed by atoms with van der Waals surface area (Å²) in [5, 5.41) is 3.23. The topological polar surface area (TPSA) is 75.9 Å². The van der Waals surface area contributed by atoms with Crippen LogP contribution in [0.3, 0.4) is 0 Å². The van der Waals surface area contributed by atoms with E-state index in [0.717, 1.165) is 10.3 Å². The van der Waals surface area contributed by atoms with Crippen molar-refractivity contribution < 1.29 is 0 Å². The van der Waals surface area contributed by atoms with Gasteiger partial charge in [0.15, 0.2) is 0 Å². The Morgan fingerprint density at radius 1 is 1.17 bits per heavy atom. The zero-order valence-electron chi connectivity index (χ0n) is 9.94. The van der Waals surface area contributed by atoms with Gasteiger partial charge in [0.1, 0.15) is 17.5 Å². The number of nitrogen functional groups attached to an aromatic ring is 1. The van der Waals surface area contributed by atoms with Crippen LogP contribution in [0.1, 0.15) is 11.4 Å². The van der Waals surface area contributed by atoms with Gasteiger partial charge in [-0.1, -0.05) is 28.1 Å². The van der Waals surface area contributed by atoms with Crippen LogP contribution in [0.25, 0.3) is 0 Å². The molecular formula is C12H14BrN5. The molecule has 1 heterocycles. The molecule has 0 fully saturated rings. The lowest BCUT2D eigenvalue weighted by Gasteiger charge is -2.08. The summed E-state index contributed by atoms with van der Waals surface area (Å²) < 4.78 is 1.07. The molecule has 0 aliphatic rings. The zero-order chi connectivity index (χ0) is 13.0. The van der Waals surface area contributed by atoms with Crippen molar-refractivity contribution in [3.05, 3.63) is 46.2 Å². The molecule has 5 nitrogen and oxygen atoms in total. The number of anilines is 2. The van der Waals surface area contributed by atoms with Crippen LogP contribution in [-0.2, 0) is 6.54 Å². The number of aromatic nitrogens is 2. The number of aryl methyl sites for hydroxylation is 1. The molecule has 1 aromatic carbocycles. The zero-order valence-corrected chi connectivity index (χ0v) is 11.5. The number of benzene rings is 1. The summed E-state index contributed by atoms with van der Waals surface area (Å²) >= 11 is 3.41. The van der Waals surface area contributed by atoms with E-state index in [-0.39, 0.29) is 0 Å². The summed E-state index contributed by atoms with van der Waals surface area (Å²) in [4.78, 5) is 8.41. The van der Waals surface area contributed by atoms with Crippen molar-refractivity contribution in [3.63, 3.8) is 0 Å². The smallest absolute Gasteiger partial charge is 0.145 e. The minimum Gasteiger partial charge on any atom is -0.366 e. The van der Waals surface area contributed by atoms with Gasteiger partial charge in [0.05, 0.1) is 0 Å². The predicted molar refractivity (Wildman–Crippen MR) is 76.0 cm³/mol. The van der Waals surface area contributed by atoms with Crippen molar-refractivity contribution in [2.45, 2.75) is 13.5 Å². The van der Waals surface area contributed by atoms with E-state index in [1.807, 2.05) is 31.2 Å². The molecular weight excluding hydrogens is 294 g/mol. The first kappa shape index (κ1) is 12.8. The van der Waals surface area contributed by atoms with E-state index in [9.17, 15) is 0 Å². The number of rotatable bonds is 4. The number of nitrogens with two attached hydrogens (primary N) is 1. The van der Waals surface area contributed by atoms with E-state index in [1.54, 1.807) is 6.07 Å². The average molecular weight is 308 g/mol. The highest BCUT2D eigenvalue weighted by molar-refractivity contribution is 9.10. The largest absolute Gasteiger partial charge is 0.366 e. The molecule has 0 aliphatic carbocycles. The number of hydrogen-bond donors (Lipinski definition) is 3. The van der Waals surface area contributed by atoms with Gasteiger partial charge < -0.3 is 10.7 Å². The van der Waals surface area contributed by atoms with E-state index in [0.29, 0.717) is 18.2 Å². The molecule has 0 saturated heterocycles. The van der Waals surface area contributed by atoms with Crippen LogP contribution < -0.4 is 16.6 Å². The van der Waals surface area contributed by atoms with Gasteiger partial charge in [0, 0.05) is 17.1 Å². The maximum Gasteiger partial charge on any atom is 0.145 e. The van der Waals surface area contributed by atoms with Gasteiger partial charge in [0.2, 0.25) is 0 Å². The first-order valence-electron chi connectivity index (χ1n) is 5.48. The van der Waals surface area contributed by atoms with Crippen molar-refractivity contribution in [1.29, 1.82) is 0 Å². The summed E-state index contributed by atoms with van der Waals surface area (Å²) in [5.41, 5.74) is 3.69. The van der Waals surface area contributed by atoms with Crippen LogP contribution >= 0.6 is 15.9 Å². The van der Waals surface area contributed by atoms with Crippen molar-refractivity contribution in [3.8, 4) is 0 Å². The minimum atomic E-state index is 0.598. The SMILES string of the molecule is Cc1nc(NN)cc(NCc2ccc(Br)cc2)n1. The van der Waals surface area contributed by atoms with Gasteiger partial charge in [-0.15, -0.1) is 0 Å². The van der Waals surface area contributed by atoms with Gasteiger partial charge in [-0.2, -0.15) is 0 Å². The molecule has 18 heavy (non-hydrogen) atoms. The maximum atomic E-state index is 5.34. The molecule has 2 rings (SSSR count). The highest BCUT2D eigenvalue weighted by Crippen LogP contribution is 2.13. The van der Waals surface area contributed by atoms with Gasteiger partial charge in [-0.05, 0) is 24.6 Å². The Bertz CT molecular complexity index is 526. The van der Waals surface area contributed by atoms with Crippen molar-refractivity contribution in [1.82, 2.24) is 9.97 Å². The van der Waals surface area contributed by atoms with Crippen LogP contribution in [0.4, 0.5) is 11.6 Å². The Morgan fingerprint density at radius 2 is 1.83 bits per heavy atom. The quantitative estimate of drug-likeness (QED) is 0.597. The monoisotopic (exact) mass is 307 g/mol. The molecule has 0 bridgehead atoms. The normalized spacial score (nSPS) is 10.2. The van der Waals surface area contributed by atoms with E-state index >= 15 is 0 Å². The van der Waals surface area contributed by atoms with Crippen LogP contribution in [0.2, 0.25) is 0 Å². The highest BCUT2D eigenvalue weighted by Gasteiger charge is 2.00. The molecule has 0 amide bonds. The Morgan fingerprint density at radius 3 is 2.50 bits per heavy atom. The summed E-state index contributed by atoms with van der Waals surface area (Å²) in [5.74, 6) is 7.35. The molecule has 94 valence electrons. The number of nitrogens with zero attached hydrogens (tertiary/aromatic N) is 2.